The molecule has 1 heterocycles. The molecule has 0 aliphatic heterocycles. The molecule has 0 fully saturated rings. The van der Waals surface area contributed by atoms with Crippen LogP contribution in [0.4, 0.5) is 15.2 Å². The average molecular weight is 442 g/mol. The minimum Gasteiger partial charge on any atom is -0.298 e. The number of thiazole rings is 1. The van der Waals surface area contributed by atoms with Crippen molar-refractivity contribution in [2.45, 2.75) is 11.8 Å². The SMILES string of the molecule is Cc1ccc(S(=O)(=O)Nc2ccccc2C(=O)Nc2nc3c(F)cccc3s2)cc1. The number of para-hydroxylation sites is 2. The molecule has 4 aromatic rings. The largest absolute Gasteiger partial charge is 0.298 e. The zero-order valence-corrected chi connectivity index (χ0v) is 17.4. The number of aryl methyl sites for hydroxylation is 1. The first kappa shape index (κ1) is 20.0. The van der Waals surface area contributed by atoms with Crippen molar-refractivity contribution in [2.24, 2.45) is 0 Å². The highest BCUT2D eigenvalue weighted by atomic mass is 32.2. The number of carbonyl (C=O) groups is 1. The standard InChI is InChI=1S/C21H16FN3O3S2/c1-13-9-11-14(12-10-13)30(27,28)25-17-7-3-2-5-15(17)20(26)24-21-23-19-16(22)6-4-8-18(19)29-21/h2-12,25H,1H3,(H,23,24,26). The molecule has 30 heavy (non-hydrogen) atoms. The van der Waals surface area contributed by atoms with E-state index in [0.29, 0.717) is 4.70 Å². The van der Waals surface area contributed by atoms with Gasteiger partial charge in [-0.1, -0.05) is 47.2 Å². The molecule has 1 aromatic heterocycles. The smallest absolute Gasteiger partial charge is 0.261 e. The molecule has 0 aliphatic carbocycles. The Balaban J connectivity index is 1.61. The van der Waals surface area contributed by atoms with Crippen LogP contribution in [0.1, 0.15) is 15.9 Å². The number of nitrogens with zero attached hydrogens (tertiary/aromatic N) is 1. The second kappa shape index (κ2) is 7.85. The highest BCUT2D eigenvalue weighted by Crippen LogP contribution is 2.28. The van der Waals surface area contributed by atoms with Gasteiger partial charge in [-0.05, 0) is 43.3 Å². The lowest BCUT2D eigenvalue weighted by atomic mass is 10.2. The molecule has 0 aliphatic rings. The van der Waals surface area contributed by atoms with Crippen LogP contribution in [0, 0.1) is 12.7 Å². The molecular formula is C21H16FN3O3S2. The highest BCUT2D eigenvalue weighted by molar-refractivity contribution is 7.92. The van der Waals surface area contributed by atoms with Crippen molar-refractivity contribution in [3.63, 3.8) is 0 Å². The van der Waals surface area contributed by atoms with Crippen LogP contribution in [0.15, 0.2) is 71.6 Å². The van der Waals surface area contributed by atoms with Crippen LogP contribution in [0.5, 0.6) is 0 Å². The number of benzene rings is 3. The van der Waals surface area contributed by atoms with Crippen molar-refractivity contribution in [1.29, 1.82) is 0 Å². The molecule has 0 saturated heterocycles. The molecule has 4 rings (SSSR count). The van der Waals surface area contributed by atoms with Crippen molar-refractivity contribution < 1.29 is 17.6 Å². The number of rotatable bonds is 5. The van der Waals surface area contributed by atoms with Crippen molar-refractivity contribution in [2.75, 3.05) is 10.0 Å². The third kappa shape index (κ3) is 4.03. The maximum absolute atomic E-state index is 13.9. The van der Waals surface area contributed by atoms with Crippen LogP contribution >= 0.6 is 11.3 Å². The predicted octanol–water partition coefficient (Wildman–Crippen LogP) is 4.80. The van der Waals surface area contributed by atoms with Gasteiger partial charge in [0, 0.05) is 0 Å². The number of fused-ring (bicyclic) bond motifs is 1. The number of amides is 1. The van der Waals surface area contributed by atoms with Gasteiger partial charge >= 0.3 is 0 Å². The number of sulfonamides is 1. The van der Waals surface area contributed by atoms with Gasteiger partial charge in [-0.2, -0.15) is 0 Å². The Morgan fingerprint density at radius 1 is 1.00 bits per heavy atom. The summed E-state index contributed by atoms with van der Waals surface area (Å²) in [4.78, 5) is 17.0. The molecule has 0 bridgehead atoms. The quantitative estimate of drug-likeness (QED) is 0.466. The summed E-state index contributed by atoms with van der Waals surface area (Å²) in [5.74, 6) is -1.04. The van der Waals surface area contributed by atoms with Crippen molar-refractivity contribution in [3.8, 4) is 0 Å². The summed E-state index contributed by atoms with van der Waals surface area (Å²) in [7, 11) is -3.88. The molecule has 1 amide bonds. The van der Waals surface area contributed by atoms with Gasteiger partial charge < -0.3 is 0 Å². The highest BCUT2D eigenvalue weighted by Gasteiger charge is 2.19. The van der Waals surface area contributed by atoms with Crippen molar-refractivity contribution in [3.05, 3.63) is 83.7 Å². The average Bonchev–Trinajstić information content (AvgIpc) is 3.12. The first-order chi connectivity index (χ1) is 14.3. The van der Waals surface area contributed by atoms with Crippen molar-refractivity contribution >= 4 is 48.3 Å². The third-order valence-electron chi connectivity index (χ3n) is 4.34. The Labute approximate surface area is 176 Å². The normalized spacial score (nSPS) is 11.4. The summed E-state index contributed by atoms with van der Waals surface area (Å²) in [6.45, 7) is 1.86. The van der Waals surface area contributed by atoms with Crippen LogP contribution in [0.2, 0.25) is 0 Å². The van der Waals surface area contributed by atoms with Crippen LogP contribution in [0.25, 0.3) is 10.2 Å². The van der Waals surface area contributed by atoms with Crippen LogP contribution < -0.4 is 10.0 Å². The van der Waals surface area contributed by atoms with Gasteiger partial charge in [-0.3, -0.25) is 14.8 Å². The molecule has 152 valence electrons. The van der Waals surface area contributed by atoms with E-state index in [1.807, 2.05) is 6.92 Å². The molecule has 0 saturated carbocycles. The van der Waals surface area contributed by atoms with E-state index in [0.717, 1.165) is 16.9 Å². The Morgan fingerprint density at radius 2 is 1.73 bits per heavy atom. The van der Waals surface area contributed by atoms with E-state index in [2.05, 4.69) is 15.0 Å². The topological polar surface area (TPSA) is 88.2 Å². The number of hydrogen-bond acceptors (Lipinski definition) is 5. The Morgan fingerprint density at radius 3 is 2.47 bits per heavy atom. The van der Waals surface area contributed by atoms with E-state index in [1.165, 1.54) is 30.3 Å². The molecule has 0 atom stereocenters. The molecule has 0 unspecified atom stereocenters. The molecule has 2 N–H and O–H groups in total. The van der Waals surface area contributed by atoms with Gasteiger partial charge in [0.25, 0.3) is 15.9 Å². The lowest BCUT2D eigenvalue weighted by Gasteiger charge is -2.12. The fraction of sp³-hybridized carbons (Fsp3) is 0.0476. The summed E-state index contributed by atoms with van der Waals surface area (Å²) < 4.78 is 42.3. The van der Waals surface area contributed by atoms with Crippen LogP contribution in [-0.4, -0.2) is 19.3 Å². The van der Waals surface area contributed by atoms with Crippen LogP contribution in [0.3, 0.4) is 0 Å². The van der Waals surface area contributed by atoms with Gasteiger partial charge in [-0.15, -0.1) is 0 Å². The molecule has 0 spiro atoms. The summed E-state index contributed by atoms with van der Waals surface area (Å²) in [6, 6.07) is 17.2. The van der Waals surface area contributed by atoms with E-state index in [9.17, 15) is 17.6 Å². The lowest BCUT2D eigenvalue weighted by molar-refractivity contribution is 0.102. The summed E-state index contributed by atoms with van der Waals surface area (Å²) >= 11 is 1.13. The van der Waals surface area contributed by atoms with Gasteiger partial charge in [0.2, 0.25) is 0 Å². The van der Waals surface area contributed by atoms with Gasteiger partial charge in [0.1, 0.15) is 11.3 Å². The van der Waals surface area contributed by atoms with Gasteiger partial charge in [0.15, 0.2) is 5.13 Å². The number of carbonyl (C=O) groups excluding carboxylic acids is 1. The van der Waals surface area contributed by atoms with E-state index < -0.39 is 21.7 Å². The first-order valence-corrected chi connectivity index (χ1v) is 11.2. The number of nitrogens with one attached hydrogen (secondary N) is 2. The van der Waals surface area contributed by atoms with Crippen LogP contribution in [-0.2, 0) is 10.0 Å². The maximum atomic E-state index is 13.9. The van der Waals surface area contributed by atoms with E-state index in [-0.39, 0.29) is 26.8 Å². The van der Waals surface area contributed by atoms with E-state index in [4.69, 9.17) is 0 Å². The third-order valence-corrected chi connectivity index (χ3v) is 6.65. The number of hydrogen-bond donors (Lipinski definition) is 2. The zero-order chi connectivity index (χ0) is 21.3. The fourth-order valence-electron chi connectivity index (χ4n) is 2.82. The number of aromatic nitrogens is 1. The molecule has 6 nitrogen and oxygen atoms in total. The second-order valence-electron chi connectivity index (χ2n) is 6.52. The van der Waals surface area contributed by atoms with E-state index in [1.54, 1.807) is 36.4 Å². The van der Waals surface area contributed by atoms with E-state index >= 15 is 0 Å². The minimum atomic E-state index is -3.88. The molecule has 3 aromatic carbocycles. The Hall–Kier alpha value is -3.30. The Kier molecular flexibility index (Phi) is 5.23. The predicted molar refractivity (Wildman–Crippen MR) is 116 cm³/mol. The summed E-state index contributed by atoms with van der Waals surface area (Å²) in [6.07, 6.45) is 0. The number of anilines is 2. The Bertz CT molecular complexity index is 1350. The monoisotopic (exact) mass is 441 g/mol. The fourth-order valence-corrected chi connectivity index (χ4v) is 4.78. The molecular weight excluding hydrogens is 425 g/mol. The first-order valence-electron chi connectivity index (χ1n) is 8.88. The summed E-state index contributed by atoms with van der Waals surface area (Å²) in [5.41, 5.74) is 1.35. The maximum Gasteiger partial charge on any atom is 0.261 e. The minimum absolute atomic E-state index is 0.0879. The zero-order valence-electron chi connectivity index (χ0n) is 15.7. The second-order valence-corrected chi connectivity index (χ2v) is 9.24. The lowest BCUT2D eigenvalue weighted by Crippen LogP contribution is -2.18. The van der Waals surface area contributed by atoms with Gasteiger partial charge in [0.05, 0.1) is 20.8 Å². The van der Waals surface area contributed by atoms with Gasteiger partial charge in [-0.25, -0.2) is 17.8 Å². The number of halogens is 1. The molecule has 9 heteroatoms. The van der Waals surface area contributed by atoms with Crippen molar-refractivity contribution in [1.82, 2.24) is 4.98 Å². The summed E-state index contributed by atoms with van der Waals surface area (Å²) in [5, 5.41) is 2.83. The molecule has 0 radical (unpaired) electrons.